The van der Waals surface area contributed by atoms with E-state index in [1.54, 1.807) is 11.3 Å². The van der Waals surface area contributed by atoms with Gasteiger partial charge in [0.2, 0.25) is 0 Å². The quantitative estimate of drug-likeness (QED) is 0.825. The molecule has 0 bridgehead atoms. The fraction of sp³-hybridized carbons (Fsp3) is 0.643. The Morgan fingerprint density at radius 2 is 2.33 bits per heavy atom. The number of thiazole rings is 1. The SMILES string of the molecule is Cc1ncc(CN2CCC[C@H]([C@]3(C)NC(=O)NC3=O)C2)s1. The second kappa shape index (κ2) is 5.38. The molecule has 7 heteroatoms. The molecular weight excluding hydrogens is 288 g/mol. The van der Waals surface area contributed by atoms with E-state index in [2.05, 4.69) is 20.5 Å². The van der Waals surface area contributed by atoms with Gasteiger partial charge < -0.3 is 5.32 Å². The smallest absolute Gasteiger partial charge is 0.322 e. The van der Waals surface area contributed by atoms with Crippen molar-refractivity contribution in [2.45, 2.75) is 38.8 Å². The molecule has 1 aromatic rings. The minimum atomic E-state index is -0.778. The molecule has 0 aromatic carbocycles. The van der Waals surface area contributed by atoms with E-state index in [9.17, 15) is 9.59 Å². The third-order valence-corrected chi connectivity index (χ3v) is 5.34. The van der Waals surface area contributed by atoms with Gasteiger partial charge in [-0.05, 0) is 33.2 Å². The Balaban J connectivity index is 1.68. The summed E-state index contributed by atoms with van der Waals surface area (Å²) in [4.78, 5) is 31.4. The number of likely N-dealkylation sites (tertiary alicyclic amines) is 1. The molecule has 6 nitrogen and oxygen atoms in total. The molecule has 2 aliphatic rings. The van der Waals surface area contributed by atoms with Gasteiger partial charge in [-0.1, -0.05) is 0 Å². The minimum Gasteiger partial charge on any atom is -0.323 e. The highest BCUT2D eigenvalue weighted by Gasteiger charge is 2.48. The second-order valence-corrected chi connectivity index (χ2v) is 7.35. The van der Waals surface area contributed by atoms with Crippen LogP contribution in [0.1, 0.15) is 29.7 Å². The normalized spacial score (nSPS) is 30.3. The van der Waals surface area contributed by atoms with Gasteiger partial charge in [0.05, 0.1) is 5.01 Å². The molecule has 2 N–H and O–H groups in total. The first-order valence-corrected chi connectivity index (χ1v) is 8.06. The molecule has 0 saturated carbocycles. The summed E-state index contributed by atoms with van der Waals surface area (Å²) in [6.45, 7) is 6.55. The van der Waals surface area contributed by atoms with Crippen LogP contribution in [-0.2, 0) is 11.3 Å². The molecule has 0 spiro atoms. The van der Waals surface area contributed by atoms with Crippen LogP contribution in [0, 0.1) is 12.8 Å². The van der Waals surface area contributed by atoms with Crippen LogP contribution < -0.4 is 10.6 Å². The van der Waals surface area contributed by atoms with Gasteiger partial charge in [-0.25, -0.2) is 9.78 Å². The zero-order valence-corrected chi connectivity index (χ0v) is 13.1. The van der Waals surface area contributed by atoms with E-state index < -0.39 is 5.54 Å². The monoisotopic (exact) mass is 308 g/mol. The number of nitrogens with one attached hydrogen (secondary N) is 2. The van der Waals surface area contributed by atoms with Crippen molar-refractivity contribution in [1.82, 2.24) is 20.5 Å². The lowest BCUT2D eigenvalue weighted by atomic mass is 9.80. The summed E-state index contributed by atoms with van der Waals surface area (Å²) in [5.74, 6) is -0.0558. The van der Waals surface area contributed by atoms with Crippen molar-refractivity contribution in [3.63, 3.8) is 0 Å². The summed E-state index contributed by atoms with van der Waals surface area (Å²) < 4.78 is 0. The van der Waals surface area contributed by atoms with E-state index in [0.29, 0.717) is 0 Å². The maximum absolute atomic E-state index is 12.1. The van der Waals surface area contributed by atoms with E-state index >= 15 is 0 Å². The van der Waals surface area contributed by atoms with Gasteiger partial charge in [-0.2, -0.15) is 0 Å². The highest BCUT2D eigenvalue weighted by atomic mass is 32.1. The number of nitrogens with zero attached hydrogens (tertiary/aromatic N) is 2. The van der Waals surface area contributed by atoms with Crippen molar-refractivity contribution in [1.29, 1.82) is 0 Å². The lowest BCUT2D eigenvalue weighted by molar-refractivity contribution is -0.126. The molecular formula is C14H20N4O2S. The van der Waals surface area contributed by atoms with Crippen molar-refractivity contribution in [2.75, 3.05) is 13.1 Å². The van der Waals surface area contributed by atoms with Crippen molar-refractivity contribution in [3.8, 4) is 0 Å². The van der Waals surface area contributed by atoms with Gasteiger partial charge in [-0.15, -0.1) is 11.3 Å². The van der Waals surface area contributed by atoms with Crippen molar-refractivity contribution in [3.05, 3.63) is 16.1 Å². The predicted octanol–water partition coefficient (Wildman–Crippen LogP) is 1.26. The van der Waals surface area contributed by atoms with Gasteiger partial charge in [0.1, 0.15) is 5.54 Å². The topological polar surface area (TPSA) is 74.3 Å². The molecule has 0 unspecified atom stereocenters. The number of carbonyl (C=O) groups is 2. The predicted molar refractivity (Wildman–Crippen MR) is 79.9 cm³/mol. The number of carbonyl (C=O) groups excluding carboxylic acids is 2. The average Bonchev–Trinajstić information content (AvgIpc) is 2.94. The third-order valence-electron chi connectivity index (χ3n) is 4.44. The number of aromatic nitrogens is 1. The molecule has 3 amide bonds. The summed E-state index contributed by atoms with van der Waals surface area (Å²) >= 11 is 1.71. The number of piperidine rings is 1. The molecule has 0 aliphatic carbocycles. The molecule has 2 fully saturated rings. The number of urea groups is 1. The number of imide groups is 1. The number of hydrogen-bond donors (Lipinski definition) is 2. The number of rotatable bonds is 3. The second-order valence-electron chi connectivity index (χ2n) is 6.03. The number of hydrogen-bond acceptors (Lipinski definition) is 5. The van der Waals surface area contributed by atoms with Crippen LogP contribution in [-0.4, -0.2) is 40.5 Å². The molecule has 3 rings (SSSR count). The Hall–Kier alpha value is -1.47. The molecule has 0 radical (unpaired) electrons. The van der Waals surface area contributed by atoms with Crippen molar-refractivity contribution < 1.29 is 9.59 Å². The van der Waals surface area contributed by atoms with Gasteiger partial charge in [-0.3, -0.25) is 15.0 Å². The summed E-state index contributed by atoms with van der Waals surface area (Å²) in [6, 6.07) is -0.377. The number of amides is 3. The Bertz CT molecular complexity index is 573. The largest absolute Gasteiger partial charge is 0.323 e. The molecule has 21 heavy (non-hydrogen) atoms. The molecule has 2 atom stereocenters. The van der Waals surface area contributed by atoms with Crippen LogP contribution >= 0.6 is 11.3 Å². The van der Waals surface area contributed by atoms with Crippen molar-refractivity contribution >= 4 is 23.3 Å². The lowest BCUT2D eigenvalue weighted by Gasteiger charge is -2.39. The van der Waals surface area contributed by atoms with Gasteiger partial charge in [0, 0.05) is 30.1 Å². The zero-order chi connectivity index (χ0) is 15.0. The highest BCUT2D eigenvalue weighted by Crippen LogP contribution is 2.30. The highest BCUT2D eigenvalue weighted by molar-refractivity contribution is 7.11. The fourth-order valence-corrected chi connectivity index (χ4v) is 4.05. The minimum absolute atomic E-state index is 0.145. The van der Waals surface area contributed by atoms with Gasteiger partial charge in [0.25, 0.3) is 5.91 Å². The van der Waals surface area contributed by atoms with E-state index in [-0.39, 0.29) is 17.9 Å². The Morgan fingerprint density at radius 1 is 1.52 bits per heavy atom. The van der Waals surface area contributed by atoms with E-state index in [1.165, 1.54) is 4.88 Å². The van der Waals surface area contributed by atoms with Crippen LogP contribution in [0.25, 0.3) is 0 Å². The Morgan fingerprint density at radius 3 is 2.95 bits per heavy atom. The Kier molecular flexibility index (Phi) is 3.71. The summed E-state index contributed by atoms with van der Waals surface area (Å²) in [5.41, 5.74) is -0.778. The van der Waals surface area contributed by atoms with Gasteiger partial charge in [0.15, 0.2) is 0 Å². The van der Waals surface area contributed by atoms with Crippen molar-refractivity contribution in [2.24, 2.45) is 5.92 Å². The first-order chi connectivity index (χ1) is 9.97. The van der Waals surface area contributed by atoms with E-state index in [0.717, 1.165) is 37.5 Å². The molecule has 114 valence electrons. The van der Waals surface area contributed by atoms with E-state index in [1.807, 2.05) is 20.0 Å². The molecule has 2 saturated heterocycles. The van der Waals surface area contributed by atoms with Crippen LogP contribution in [0.15, 0.2) is 6.20 Å². The zero-order valence-electron chi connectivity index (χ0n) is 12.3. The average molecular weight is 308 g/mol. The summed E-state index contributed by atoms with van der Waals surface area (Å²) in [7, 11) is 0. The van der Waals surface area contributed by atoms with Gasteiger partial charge >= 0.3 is 6.03 Å². The van der Waals surface area contributed by atoms with Crippen LogP contribution in [0.3, 0.4) is 0 Å². The molecule has 3 heterocycles. The van der Waals surface area contributed by atoms with E-state index in [4.69, 9.17) is 0 Å². The standard InChI is InChI=1S/C14H20N4O2S/c1-9-15-6-11(21-9)8-18-5-3-4-10(7-18)14(2)12(19)16-13(20)17-14/h6,10H,3-5,7-8H2,1-2H3,(H2,16,17,19,20)/t10-,14-/m0/s1. The first kappa shape index (κ1) is 14.5. The van der Waals surface area contributed by atoms with Crippen LogP contribution in [0.4, 0.5) is 4.79 Å². The van der Waals surface area contributed by atoms with Crippen LogP contribution in [0.5, 0.6) is 0 Å². The third kappa shape index (κ3) is 2.80. The maximum atomic E-state index is 12.1. The lowest BCUT2D eigenvalue weighted by Crippen LogP contribution is -2.55. The number of aryl methyl sites for hydroxylation is 1. The summed E-state index contributed by atoms with van der Waals surface area (Å²) in [5, 5.41) is 6.24. The molecule has 2 aliphatic heterocycles. The van der Waals surface area contributed by atoms with Crippen LogP contribution in [0.2, 0.25) is 0 Å². The fourth-order valence-electron chi connectivity index (χ4n) is 3.21. The molecule has 1 aromatic heterocycles. The summed E-state index contributed by atoms with van der Waals surface area (Å²) in [6.07, 6.45) is 3.93. The maximum Gasteiger partial charge on any atom is 0.322 e. The Labute approximate surface area is 127 Å². The first-order valence-electron chi connectivity index (χ1n) is 7.24.